The van der Waals surface area contributed by atoms with Gasteiger partial charge in [0.15, 0.2) is 0 Å². The third-order valence-electron chi connectivity index (χ3n) is 1.55. The molecule has 0 atom stereocenters. The zero-order chi connectivity index (χ0) is 9.47. The molecular weight excluding hydrogens is 212 g/mol. The zero-order valence-corrected chi connectivity index (χ0v) is 8.23. The summed E-state index contributed by atoms with van der Waals surface area (Å²) in [5.74, 6) is 0. The predicted molar refractivity (Wildman–Crippen MR) is 47.7 cm³/mol. The highest BCUT2D eigenvalue weighted by molar-refractivity contribution is 7.91. The molecule has 1 saturated carbocycles. The molecule has 2 rings (SSSR count). The van der Waals surface area contributed by atoms with Crippen molar-refractivity contribution in [1.29, 1.82) is 0 Å². The van der Waals surface area contributed by atoms with Gasteiger partial charge in [0, 0.05) is 6.04 Å². The fourth-order valence-corrected chi connectivity index (χ4v) is 2.91. The Morgan fingerprint density at radius 1 is 1.46 bits per heavy atom. The second-order valence-electron chi connectivity index (χ2n) is 2.80. The molecule has 0 bridgehead atoms. The van der Waals surface area contributed by atoms with Gasteiger partial charge in [-0.3, -0.25) is 0 Å². The summed E-state index contributed by atoms with van der Waals surface area (Å²) in [5.41, 5.74) is 5.27. The van der Waals surface area contributed by atoms with Gasteiger partial charge in [-0.25, -0.2) is 13.1 Å². The molecule has 1 aromatic heterocycles. The predicted octanol–water partition coefficient (Wildman–Crippen LogP) is -0.439. The lowest BCUT2D eigenvalue weighted by Gasteiger charge is -1.98. The summed E-state index contributed by atoms with van der Waals surface area (Å²) in [6.45, 7) is 0. The lowest BCUT2D eigenvalue weighted by Crippen LogP contribution is -2.25. The molecule has 0 spiro atoms. The summed E-state index contributed by atoms with van der Waals surface area (Å²) < 4.78 is 25.3. The van der Waals surface area contributed by atoms with Crippen molar-refractivity contribution in [3.8, 4) is 0 Å². The minimum absolute atomic E-state index is 0.0584. The third kappa shape index (κ3) is 1.95. The number of hydrogen-bond donors (Lipinski definition) is 2. The Labute approximate surface area is 79.2 Å². The van der Waals surface area contributed by atoms with Crippen LogP contribution in [0.4, 0.5) is 5.13 Å². The maximum Gasteiger partial charge on any atom is 0.270 e. The lowest BCUT2D eigenvalue weighted by atomic mass is 10.8. The Morgan fingerprint density at radius 2 is 2.15 bits per heavy atom. The van der Waals surface area contributed by atoms with Gasteiger partial charge in [0.25, 0.3) is 10.0 Å². The Kier molecular flexibility index (Phi) is 1.97. The third-order valence-corrected chi connectivity index (χ3v) is 4.19. The summed E-state index contributed by atoms with van der Waals surface area (Å²) in [4.78, 5) is 0. The monoisotopic (exact) mass is 220 g/mol. The molecule has 1 fully saturated rings. The first-order chi connectivity index (χ1) is 6.08. The highest BCUT2D eigenvalue weighted by atomic mass is 32.2. The first kappa shape index (κ1) is 8.85. The zero-order valence-electron chi connectivity index (χ0n) is 6.60. The van der Waals surface area contributed by atoms with Gasteiger partial charge in [-0.05, 0) is 12.8 Å². The van der Waals surface area contributed by atoms with E-state index in [1.54, 1.807) is 0 Å². The Balaban J connectivity index is 2.22. The molecule has 0 aliphatic heterocycles. The van der Waals surface area contributed by atoms with Crippen molar-refractivity contribution in [2.75, 3.05) is 5.73 Å². The summed E-state index contributed by atoms with van der Waals surface area (Å²) in [7, 11) is -3.46. The molecule has 1 heterocycles. The lowest BCUT2D eigenvalue weighted by molar-refractivity contribution is 0.579. The van der Waals surface area contributed by atoms with Crippen LogP contribution in [0, 0.1) is 0 Å². The Bertz CT molecular complexity index is 408. The van der Waals surface area contributed by atoms with E-state index in [0.29, 0.717) is 0 Å². The highest BCUT2D eigenvalue weighted by Gasteiger charge is 2.29. The minimum Gasteiger partial charge on any atom is -0.374 e. The highest BCUT2D eigenvalue weighted by Crippen LogP contribution is 2.23. The van der Waals surface area contributed by atoms with Gasteiger partial charge in [0.1, 0.15) is 0 Å². The van der Waals surface area contributed by atoms with E-state index in [1.165, 1.54) is 0 Å². The van der Waals surface area contributed by atoms with E-state index >= 15 is 0 Å². The van der Waals surface area contributed by atoms with Gasteiger partial charge in [0.05, 0.1) is 0 Å². The molecule has 1 aliphatic carbocycles. The number of aromatic nitrogens is 2. The van der Waals surface area contributed by atoms with Gasteiger partial charge in [-0.15, -0.1) is 10.2 Å². The fraction of sp³-hybridized carbons (Fsp3) is 0.600. The number of anilines is 1. The number of rotatable bonds is 3. The smallest absolute Gasteiger partial charge is 0.270 e. The van der Waals surface area contributed by atoms with E-state index in [1.807, 2.05) is 0 Å². The SMILES string of the molecule is Nc1nnc(S(=O)(=O)NC2CC2)s1. The van der Waals surface area contributed by atoms with E-state index in [0.717, 1.165) is 24.2 Å². The number of nitrogens with zero attached hydrogens (tertiary/aromatic N) is 2. The van der Waals surface area contributed by atoms with E-state index in [4.69, 9.17) is 5.73 Å². The van der Waals surface area contributed by atoms with Gasteiger partial charge in [-0.2, -0.15) is 0 Å². The van der Waals surface area contributed by atoms with Crippen molar-refractivity contribution in [2.24, 2.45) is 0 Å². The summed E-state index contributed by atoms with van der Waals surface area (Å²) in [6.07, 6.45) is 1.79. The quantitative estimate of drug-likeness (QED) is 0.719. The van der Waals surface area contributed by atoms with Crippen molar-refractivity contribution in [3.63, 3.8) is 0 Å². The van der Waals surface area contributed by atoms with Crippen molar-refractivity contribution in [3.05, 3.63) is 0 Å². The van der Waals surface area contributed by atoms with Crippen LogP contribution in [0.15, 0.2) is 4.34 Å². The molecule has 0 amide bonds. The molecule has 72 valence electrons. The second-order valence-corrected chi connectivity index (χ2v) is 5.70. The van der Waals surface area contributed by atoms with Crippen LogP contribution in [0.3, 0.4) is 0 Å². The molecule has 0 saturated heterocycles. The summed E-state index contributed by atoms with van der Waals surface area (Å²) >= 11 is 0.870. The van der Waals surface area contributed by atoms with Crippen LogP contribution in [0.1, 0.15) is 12.8 Å². The van der Waals surface area contributed by atoms with E-state index in [9.17, 15) is 8.42 Å². The van der Waals surface area contributed by atoms with Crippen molar-refractivity contribution >= 4 is 26.5 Å². The molecule has 1 aliphatic rings. The second kappa shape index (κ2) is 2.89. The van der Waals surface area contributed by atoms with Crippen LogP contribution in [-0.4, -0.2) is 24.7 Å². The molecular formula is C5H8N4O2S2. The van der Waals surface area contributed by atoms with Gasteiger partial charge < -0.3 is 5.73 Å². The minimum atomic E-state index is -3.46. The van der Waals surface area contributed by atoms with Crippen LogP contribution >= 0.6 is 11.3 Å². The number of nitrogen functional groups attached to an aromatic ring is 1. The number of nitrogens with one attached hydrogen (secondary N) is 1. The van der Waals surface area contributed by atoms with E-state index in [-0.39, 0.29) is 15.5 Å². The van der Waals surface area contributed by atoms with Crippen LogP contribution < -0.4 is 10.5 Å². The van der Waals surface area contributed by atoms with Gasteiger partial charge >= 0.3 is 0 Å². The first-order valence-electron chi connectivity index (χ1n) is 3.69. The summed E-state index contributed by atoms with van der Waals surface area (Å²) in [6, 6.07) is 0.0788. The molecule has 13 heavy (non-hydrogen) atoms. The van der Waals surface area contributed by atoms with E-state index < -0.39 is 10.0 Å². The van der Waals surface area contributed by atoms with Crippen molar-refractivity contribution in [1.82, 2.24) is 14.9 Å². The number of sulfonamides is 1. The van der Waals surface area contributed by atoms with E-state index in [2.05, 4.69) is 14.9 Å². The Hall–Kier alpha value is -0.730. The molecule has 0 radical (unpaired) electrons. The topological polar surface area (TPSA) is 98.0 Å². The number of nitrogens with two attached hydrogens (primary N) is 1. The first-order valence-corrected chi connectivity index (χ1v) is 5.99. The van der Waals surface area contributed by atoms with Crippen LogP contribution in [-0.2, 0) is 10.0 Å². The molecule has 0 unspecified atom stereocenters. The van der Waals surface area contributed by atoms with Crippen LogP contribution in [0.25, 0.3) is 0 Å². The number of hydrogen-bond acceptors (Lipinski definition) is 6. The van der Waals surface area contributed by atoms with Crippen LogP contribution in [0.2, 0.25) is 0 Å². The average molecular weight is 220 g/mol. The van der Waals surface area contributed by atoms with Crippen molar-refractivity contribution < 1.29 is 8.42 Å². The van der Waals surface area contributed by atoms with Crippen molar-refractivity contribution in [2.45, 2.75) is 23.2 Å². The maximum atomic E-state index is 11.4. The van der Waals surface area contributed by atoms with Crippen LogP contribution in [0.5, 0.6) is 0 Å². The standard InChI is InChI=1S/C5H8N4O2S2/c6-4-7-8-5(12-4)13(10,11)9-3-1-2-3/h3,9H,1-2H2,(H2,6,7). The Morgan fingerprint density at radius 3 is 2.62 bits per heavy atom. The molecule has 0 aromatic carbocycles. The maximum absolute atomic E-state index is 11.4. The molecule has 8 heteroatoms. The average Bonchev–Trinajstić information content (AvgIpc) is 2.70. The van der Waals surface area contributed by atoms with Gasteiger partial charge in [-0.1, -0.05) is 11.3 Å². The largest absolute Gasteiger partial charge is 0.374 e. The normalized spacial score (nSPS) is 17.5. The summed E-state index contributed by atoms with van der Waals surface area (Å²) in [5, 5.41) is 7.06. The molecule has 3 N–H and O–H groups in total. The molecule has 1 aromatic rings. The van der Waals surface area contributed by atoms with Gasteiger partial charge in [0.2, 0.25) is 9.47 Å². The molecule has 6 nitrogen and oxygen atoms in total. The fourth-order valence-electron chi connectivity index (χ4n) is 0.800.